The summed E-state index contributed by atoms with van der Waals surface area (Å²) in [5, 5.41) is 0. The normalized spacial score (nSPS) is 22.6. The van der Waals surface area contributed by atoms with Crippen molar-refractivity contribution in [2.75, 3.05) is 6.54 Å². The van der Waals surface area contributed by atoms with Gasteiger partial charge in [0.15, 0.2) is 0 Å². The summed E-state index contributed by atoms with van der Waals surface area (Å²) < 4.78 is 5.11. The van der Waals surface area contributed by atoms with E-state index < -0.39 is 0 Å². The Hall–Kier alpha value is -0.860. The maximum atomic E-state index is 11.1. The van der Waals surface area contributed by atoms with E-state index in [1.807, 2.05) is 20.8 Å². The summed E-state index contributed by atoms with van der Waals surface area (Å²) in [6, 6.07) is 0. The zero-order chi connectivity index (χ0) is 8.48. The van der Waals surface area contributed by atoms with Crippen LogP contribution in [0, 0.1) is 5.92 Å². The van der Waals surface area contributed by atoms with Gasteiger partial charge in [-0.1, -0.05) is 0 Å². The second-order valence-electron chi connectivity index (χ2n) is 3.65. The molecule has 1 heterocycles. The van der Waals surface area contributed by atoms with Gasteiger partial charge in [-0.25, -0.2) is 0 Å². The highest BCUT2D eigenvalue weighted by Crippen LogP contribution is 2.13. The Morgan fingerprint density at radius 1 is 1.64 bits per heavy atom. The van der Waals surface area contributed by atoms with Crippen molar-refractivity contribution in [1.29, 1.82) is 0 Å². The molecule has 3 heteroatoms. The van der Waals surface area contributed by atoms with Crippen LogP contribution in [0.3, 0.4) is 0 Å². The van der Waals surface area contributed by atoms with Gasteiger partial charge in [-0.3, -0.25) is 9.79 Å². The number of esters is 1. The summed E-state index contributed by atoms with van der Waals surface area (Å²) in [5.41, 5.74) is -0.374. The number of aliphatic imine (C=N–C) groups is 1. The molecule has 0 N–H and O–H groups in total. The van der Waals surface area contributed by atoms with Crippen LogP contribution in [0.1, 0.15) is 20.8 Å². The smallest absolute Gasteiger partial charge is 0.316 e. The van der Waals surface area contributed by atoms with E-state index in [1.165, 1.54) is 0 Å². The third-order valence-electron chi connectivity index (χ3n) is 1.30. The lowest BCUT2D eigenvalue weighted by Crippen LogP contribution is -2.33. The minimum atomic E-state index is -0.374. The molecule has 1 aliphatic rings. The van der Waals surface area contributed by atoms with Crippen molar-refractivity contribution >= 4 is 12.2 Å². The van der Waals surface area contributed by atoms with Gasteiger partial charge in [0.2, 0.25) is 0 Å². The molecule has 1 unspecified atom stereocenters. The molecular weight excluding hydrogens is 142 g/mol. The lowest BCUT2D eigenvalue weighted by molar-refractivity contribution is -0.157. The van der Waals surface area contributed by atoms with E-state index in [9.17, 15) is 4.79 Å². The van der Waals surface area contributed by atoms with Gasteiger partial charge in [-0.15, -0.1) is 0 Å². The molecule has 0 aromatic heterocycles. The molecule has 0 aromatic carbocycles. The van der Waals surface area contributed by atoms with Crippen LogP contribution in [0.5, 0.6) is 0 Å². The van der Waals surface area contributed by atoms with E-state index in [2.05, 4.69) is 4.99 Å². The monoisotopic (exact) mass is 155 g/mol. The Morgan fingerprint density at radius 2 is 2.18 bits per heavy atom. The number of carbonyl (C=O) groups excluding carboxylic acids is 1. The van der Waals surface area contributed by atoms with Crippen LogP contribution in [0.4, 0.5) is 0 Å². The van der Waals surface area contributed by atoms with Crippen molar-refractivity contribution in [3.8, 4) is 0 Å². The molecule has 0 saturated heterocycles. The third kappa shape index (κ3) is 2.33. The molecule has 0 fully saturated rings. The predicted molar refractivity (Wildman–Crippen MR) is 42.7 cm³/mol. The highest BCUT2D eigenvalue weighted by molar-refractivity contribution is 5.93. The molecule has 0 spiro atoms. The molecule has 11 heavy (non-hydrogen) atoms. The summed E-state index contributed by atoms with van der Waals surface area (Å²) in [6.07, 6.45) is 1.63. The largest absolute Gasteiger partial charge is 0.459 e. The van der Waals surface area contributed by atoms with Gasteiger partial charge in [-0.2, -0.15) is 0 Å². The van der Waals surface area contributed by atoms with Crippen LogP contribution in [0.15, 0.2) is 4.99 Å². The molecule has 0 aliphatic carbocycles. The van der Waals surface area contributed by atoms with E-state index in [0.29, 0.717) is 6.54 Å². The number of carbonyl (C=O) groups is 1. The zero-order valence-electron chi connectivity index (χ0n) is 7.13. The maximum absolute atomic E-state index is 11.1. The van der Waals surface area contributed by atoms with Crippen molar-refractivity contribution in [3.05, 3.63) is 0 Å². The minimum Gasteiger partial charge on any atom is -0.459 e. The van der Waals surface area contributed by atoms with Crippen molar-refractivity contribution in [3.63, 3.8) is 0 Å². The molecule has 0 saturated carbocycles. The maximum Gasteiger partial charge on any atom is 0.316 e. The summed E-state index contributed by atoms with van der Waals surface area (Å²) in [6.45, 7) is 6.18. The van der Waals surface area contributed by atoms with E-state index in [-0.39, 0.29) is 17.5 Å². The molecule has 62 valence electrons. The standard InChI is InChI=1S/C8H13NO2/c1-8(2,3)11-7(10)6-4-9-5-6/h4,6H,5H2,1-3H3. The Balaban J connectivity index is 2.38. The Labute approximate surface area is 66.5 Å². The number of hydrogen-bond donors (Lipinski definition) is 0. The molecule has 0 radical (unpaired) electrons. The predicted octanol–water partition coefficient (Wildman–Crippen LogP) is 1.03. The van der Waals surface area contributed by atoms with Gasteiger partial charge < -0.3 is 4.74 Å². The summed E-state index contributed by atoms with van der Waals surface area (Å²) >= 11 is 0. The van der Waals surface area contributed by atoms with Crippen LogP contribution in [-0.2, 0) is 9.53 Å². The zero-order valence-corrected chi connectivity index (χ0v) is 7.13. The summed E-state index contributed by atoms with van der Waals surface area (Å²) in [4.78, 5) is 15.0. The summed E-state index contributed by atoms with van der Waals surface area (Å²) in [5.74, 6) is -0.248. The van der Waals surface area contributed by atoms with Gasteiger partial charge in [0, 0.05) is 6.21 Å². The fourth-order valence-corrected chi connectivity index (χ4v) is 0.724. The number of ether oxygens (including phenoxy) is 1. The van der Waals surface area contributed by atoms with Crippen molar-refractivity contribution in [2.45, 2.75) is 26.4 Å². The number of rotatable bonds is 1. The van der Waals surface area contributed by atoms with Gasteiger partial charge in [0.05, 0.1) is 6.54 Å². The first-order chi connectivity index (χ1) is 4.99. The molecule has 1 aliphatic heterocycles. The first kappa shape index (κ1) is 8.24. The van der Waals surface area contributed by atoms with Gasteiger partial charge in [0.25, 0.3) is 0 Å². The van der Waals surface area contributed by atoms with Crippen LogP contribution in [-0.4, -0.2) is 24.3 Å². The second-order valence-corrected chi connectivity index (χ2v) is 3.65. The average molecular weight is 155 g/mol. The minimum absolute atomic E-state index is 0.0887. The SMILES string of the molecule is CC(C)(C)OC(=O)C1C=NC1. The van der Waals surface area contributed by atoms with E-state index in [4.69, 9.17) is 4.74 Å². The van der Waals surface area contributed by atoms with Crippen LogP contribution < -0.4 is 0 Å². The van der Waals surface area contributed by atoms with Crippen LogP contribution in [0.25, 0.3) is 0 Å². The Kier molecular flexibility index (Phi) is 1.98. The molecule has 1 rings (SSSR count). The molecule has 0 bridgehead atoms. The van der Waals surface area contributed by atoms with E-state index in [1.54, 1.807) is 6.21 Å². The fourth-order valence-electron chi connectivity index (χ4n) is 0.724. The molecule has 1 atom stereocenters. The van der Waals surface area contributed by atoms with E-state index >= 15 is 0 Å². The van der Waals surface area contributed by atoms with Gasteiger partial charge in [-0.05, 0) is 20.8 Å². The molecule has 0 amide bonds. The second kappa shape index (κ2) is 2.64. The Bertz CT molecular complexity index is 191. The molecular formula is C8H13NO2. The van der Waals surface area contributed by atoms with Crippen LogP contribution in [0.2, 0.25) is 0 Å². The summed E-state index contributed by atoms with van der Waals surface area (Å²) in [7, 11) is 0. The first-order valence-corrected chi connectivity index (χ1v) is 3.72. The molecule has 3 nitrogen and oxygen atoms in total. The lowest BCUT2D eigenvalue weighted by Gasteiger charge is -2.23. The van der Waals surface area contributed by atoms with Gasteiger partial charge in [0.1, 0.15) is 11.5 Å². The quantitative estimate of drug-likeness (QED) is 0.530. The Morgan fingerprint density at radius 3 is 2.45 bits per heavy atom. The third-order valence-corrected chi connectivity index (χ3v) is 1.30. The van der Waals surface area contributed by atoms with Crippen LogP contribution >= 0.6 is 0 Å². The highest BCUT2D eigenvalue weighted by atomic mass is 16.6. The van der Waals surface area contributed by atoms with E-state index in [0.717, 1.165) is 0 Å². The number of hydrogen-bond acceptors (Lipinski definition) is 3. The fraction of sp³-hybridized carbons (Fsp3) is 0.750. The van der Waals surface area contributed by atoms with Crippen molar-refractivity contribution in [1.82, 2.24) is 0 Å². The van der Waals surface area contributed by atoms with Crippen molar-refractivity contribution in [2.24, 2.45) is 10.9 Å². The highest BCUT2D eigenvalue weighted by Gasteiger charge is 2.26. The number of nitrogens with zero attached hydrogens (tertiary/aromatic N) is 1. The lowest BCUT2D eigenvalue weighted by atomic mass is 10.1. The topological polar surface area (TPSA) is 38.7 Å². The first-order valence-electron chi connectivity index (χ1n) is 3.72. The van der Waals surface area contributed by atoms with Crippen molar-refractivity contribution < 1.29 is 9.53 Å². The van der Waals surface area contributed by atoms with Gasteiger partial charge >= 0.3 is 5.97 Å². The molecule has 0 aromatic rings. The average Bonchev–Trinajstić information content (AvgIpc) is 1.50.